The number of aromatic nitrogens is 2. The third-order valence-corrected chi connectivity index (χ3v) is 3.46. The first-order valence-electron chi connectivity index (χ1n) is 5.71. The van der Waals surface area contributed by atoms with Crippen LogP contribution in [0.15, 0.2) is 36.8 Å². The fourth-order valence-corrected chi connectivity index (χ4v) is 2.02. The maximum absolute atomic E-state index is 6.10. The molecule has 1 aliphatic carbocycles. The van der Waals surface area contributed by atoms with Crippen molar-refractivity contribution in [2.75, 3.05) is 0 Å². The van der Waals surface area contributed by atoms with Crippen LogP contribution < -0.4 is 5.73 Å². The average Bonchev–Trinajstić information content (AvgIpc) is 2.90. The van der Waals surface area contributed by atoms with Crippen molar-refractivity contribution in [3.05, 3.63) is 53.1 Å². The van der Waals surface area contributed by atoms with Crippen molar-refractivity contribution in [3.63, 3.8) is 0 Å². The zero-order chi connectivity index (χ0) is 11.9. The molecule has 0 bridgehead atoms. The van der Waals surface area contributed by atoms with Crippen LogP contribution in [-0.4, -0.2) is 9.55 Å². The molecule has 17 heavy (non-hydrogen) atoms. The summed E-state index contributed by atoms with van der Waals surface area (Å²) in [6.07, 6.45) is 5.98. The molecule has 4 heteroatoms. The van der Waals surface area contributed by atoms with Gasteiger partial charge in [0.05, 0.1) is 17.6 Å². The summed E-state index contributed by atoms with van der Waals surface area (Å²) in [5.74, 6) is 0. The minimum Gasteiger partial charge on any atom is -0.333 e. The number of hydrogen-bond donors (Lipinski definition) is 1. The first-order chi connectivity index (χ1) is 8.16. The van der Waals surface area contributed by atoms with Crippen molar-refractivity contribution in [2.45, 2.75) is 24.9 Å². The van der Waals surface area contributed by atoms with Crippen molar-refractivity contribution >= 4 is 11.6 Å². The van der Waals surface area contributed by atoms with Crippen LogP contribution in [0.2, 0.25) is 5.02 Å². The zero-order valence-electron chi connectivity index (χ0n) is 9.44. The number of nitrogens with zero attached hydrogens (tertiary/aromatic N) is 2. The van der Waals surface area contributed by atoms with E-state index >= 15 is 0 Å². The smallest absolute Gasteiger partial charge is 0.0953 e. The van der Waals surface area contributed by atoms with Crippen molar-refractivity contribution in [1.82, 2.24) is 9.55 Å². The Labute approximate surface area is 105 Å². The lowest BCUT2D eigenvalue weighted by atomic mass is 10.2. The van der Waals surface area contributed by atoms with Gasteiger partial charge in [-0.3, -0.25) is 0 Å². The minimum atomic E-state index is -0.148. The number of hydrogen-bond acceptors (Lipinski definition) is 2. The Hall–Kier alpha value is -1.32. The van der Waals surface area contributed by atoms with E-state index in [0.717, 1.165) is 30.1 Å². The Kier molecular flexibility index (Phi) is 2.45. The quantitative estimate of drug-likeness (QED) is 0.906. The molecule has 0 saturated heterocycles. The molecule has 1 aliphatic rings. The molecule has 0 aliphatic heterocycles. The summed E-state index contributed by atoms with van der Waals surface area (Å²) in [4.78, 5) is 4.38. The Morgan fingerprint density at radius 1 is 1.29 bits per heavy atom. The summed E-state index contributed by atoms with van der Waals surface area (Å²) in [6, 6.07) is 7.86. The highest BCUT2D eigenvalue weighted by Gasteiger charge is 2.42. The monoisotopic (exact) mass is 247 g/mol. The van der Waals surface area contributed by atoms with Crippen molar-refractivity contribution in [1.29, 1.82) is 0 Å². The summed E-state index contributed by atoms with van der Waals surface area (Å²) < 4.78 is 2.06. The molecule has 1 saturated carbocycles. The lowest BCUT2D eigenvalue weighted by Gasteiger charge is -2.04. The molecular weight excluding hydrogens is 234 g/mol. The second-order valence-corrected chi connectivity index (χ2v) is 5.15. The van der Waals surface area contributed by atoms with Gasteiger partial charge in [0, 0.05) is 17.8 Å². The van der Waals surface area contributed by atoms with Crippen LogP contribution in [0, 0.1) is 0 Å². The average molecular weight is 248 g/mol. The van der Waals surface area contributed by atoms with Crippen LogP contribution in [0.4, 0.5) is 0 Å². The fourth-order valence-electron chi connectivity index (χ4n) is 1.90. The molecule has 0 radical (unpaired) electrons. The summed E-state index contributed by atoms with van der Waals surface area (Å²) in [7, 11) is 0. The maximum atomic E-state index is 6.10. The molecule has 1 heterocycles. The molecule has 88 valence electrons. The van der Waals surface area contributed by atoms with Crippen LogP contribution in [0.1, 0.15) is 24.1 Å². The molecule has 0 atom stereocenters. The van der Waals surface area contributed by atoms with Gasteiger partial charge < -0.3 is 10.3 Å². The van der Waals surface area contributed by atoms with Crippen LogP contribution in [0.3, 0.4) is 0 Å². The molecule has 3 nitrogen and oxygen atoms in total. The van der Waals surface area contributed by atoms with E-state index in [0.29, 0.717) is 0 Å². The van der Waals surface area contributed by atoms with E-state index in [1.165, 1.54) is 5.56 Å². The van der Waals surface area contributed by atoms with Gasteiger partial charge in [-0.25, -0.2) is 4.98 Å². The highest BCUT2D eigenvalue weighted by molar-refractivity contribution is 6.30. The fraction of sp³-hybridized carbons (Fsp3) is 0.308. The van der Waals surface area contributed by atoms with Crippen LogP contribution in [0.5, 0.6) is 0 Å². The molecule has 3 rings (SSSR count). The maximum Gasteiger partial charge on any atom is 0.0953 e. The predicted molar refractivity (Wildman–Crippen MR) is 67.9 cm³/mol. The molecule has 0 amide bonds. The predicted octanol–water partition coefficient (Wildman–Crippen LogP) is 2.53. The highest BCUT2D eigenvalue weighted by atomic mass is 35.5. The molecule has 1 aromatic carbocycles. The number of benzene rings is 1. The number of nitrogens with two attached hydrogens (primary N) is 1. The standard InChI is InChI=1S/C13H14ClN3/c14-11-3-1-10(2-4-11)7-17-8-12(16-9-17)13(15)5-6-13/h1-4,8-9H,5-7,15H2. The van der Waals surface area contributed by atoms with E-state index in [4.69, 9.17) is 17.3 Å². The molecule has 0 unspecified atom stereocenters. The third-order valence-electron chi connectivity index (χ3n) is 3.21. The Morgan fingerprint density at radius 3 is 2.65 bits per heavy atom. The van der Waals surface area contributed by atoms with Gasteiger partial charge in [0.25, 0.3) is 0 Å². The van der Waals surface area contributed by atoms with Gasteiger partial charge in [-0.1, -0.05) is 23.7 Å². The van der Waals surface area contributed by atoms with E-state index in [1.54, 1.807) is 0 Å². The summed E-state index contributed by atoms with van der Waals surface area (Å²) in [5, 5.41) is 0.763. The number of imidazole rings is 1. The van der Waals surface area contributed by atoms with E-state index in [1.807, 2.05) is 36.8 Å². The normalized spacial score (nSPS) is 17.1. The van der Waals surface area contributed by atoms with Gasteiger partial charge >= 0.3 is 0 Å². The summed E-state index contributed by atoms with van der Waals surface area (Å²) in [5.41, 5.74) is 8.17. The summed E-state index contributed by atoms with van der Waals surface area (Å²) in [6.45, 7) is 0.806. The van der Waals surface area contributed by atoms with Gasteiger partial charge in [0.2, 0.25) is 0 Å². The van der Waals surface area contributed by atoms with Crippen molar-refractivity contribution < 1.29 is 0 Å². The van der Waals surface area contributed by atoms with Gasteiger partial charge in [0.1, 0.15) is 0 Å². The van der Waals surface area contributed by atoms with E-state index in [2.05, 4.69) is 9.55 Å². The van der Waals surface area contributed by atoms with Crippen molar-refractivity contribution in [2.24, 2.45) is 5.73 Å². The van der Waals surface area contributed by atoms with Crippen molar-refractivity contribution in [3.8, 4) is 0 Å². The Bertz CT molecular complexity index is 526. The van der Waals surface area contributed by atoms with E-state index < -0.39 is 0 Å². The molecule has 2 aromatic rings. The van der Waals surface area contributed by atoms with Crippen LogP contribution in [-0.2, 0) is 12.1 Å². The topological polar surface area (TPSA) is 43.8 Å². The molecule has 0 spiro atoms. The van der Waals surface area contributed by atoms with Crippen LogP contribution in [0.25, 0.3) is 0 Å². The second kappa shape index (κ2) is 3.86. The lowest BCUT2D eigenvalue weighted by Crippen LogP contribution is -2.18. The van der Waals surface area contributed by atoms with E-state index in [9.17, 15) is 0 Å². The first-order valence-corrected chi connectivity index (χ1v) is 6.09. The molecule has 1 aromatic heterocycles. The second-order valence-electron chi connectivity index (χ2n) is 4.71. The minimum absolute atomic E-state index is 0.148. The summed E-state index contributed by atoms with van der Waals surface area (Å²) >= 11 is 5.85. The third kappa shape index (κ3) is 2.21. The lowest BCUT2D eigenvalue weighted by molar-refractivity contribution is 0.710. The Balaban J connectivity index is 1.77. The van der Waals surface area contributed by atoms with Gasteiger partial charge in [-0.15, -0.1) is 0 Å². The number of halogens is 1. The zero-order valence-corrected chi connectivity index (χ0v) is 10.2. The SMILES string of the molecule is NC1(c2cn(Cc3ccc(Cl)cc3)cn2)CC1. The van der Waals surface area contributed by atoms with Gasteiger partial charge in [-0.2, -0.15) is 0 Å². The highest BCUT2D eigenvalue weighted by Crippen LogP contribution is 2.41. The van der Waals surface area contributed by atoms with Gasteiger partial charge in [-0.05, 0) is 30.5 Å². The largest absolute Gasteiger partial charge is 0.333 e. The van der Waals surface area contributed by atoms with Crippen LogP contribution >= 0.6 is 11.6 Å². The molecule has 1 fully saturated rings. The van der Waals surface area contributed by atoms with Gasteiger partial charge in [0.15, 0.2) is 0 Å². The first kappa shape index (κ1) is 10.8. The molecule has 2 N–H and O–H groups in total. The number of rotatable bonds is 3. The van der Waals surface area contributed by atoms with E-state index in [-0.39, 0.29) is 5.54 Å². The molecular formula is C13H14ClN3. The Morgan fingerprint density at radius 2 is 2.00 bits per heavy atom.